The number of cyclic esters (lactones) is 1. The lowest BCUT2D eigenvalue weighted by molar-refractivity contribution is -0.129. The Morgan fingerprint density at radius 2 is 2.05 bits per heavy atom. The van der Waals surface area contributed by atoms with Crippen LogP contribution in [0.3, 0.4) is 0 Å². The van der Waals surface area contributed by atoms with E-state index in [0.29, 0.717) is 11.3 Å². The van der Waals surface area contributed by atoms with Crippen LogP contribution in [0.15, 0.2) is 59.4 Å². The molecule has 0 saturated heterocycles. The normalized spacial score (nSPS) is 16.1. The molecular formula is C15H9FN2O2. The highest BCUT2D eigenvalue weighted by atomic mass is 19.1. The topological polar surface area (TPSA) is 51.5 Å². The molecule has 1 aliphatic heterocycles. The number of ether oxygens (including phenoxy) is 1. The monoisotopic (exact) mass is 268 g/mol. The number of halogens is 1. The lowest BCUT2D eigenvalue weighted by Crippen LogP contribution is -2.05. The van der Waals surface area contributed by atoms with E-state index >= 15 is 0 Å². The molecule has 1 aromatic carbocycles. The van der Waals surface area contributed by atoms with Crippen LogP contribution in [-0.4, -0.2) is 16.9 Å². The van der Waals surface area contributed by atoms with E-state index in [1.54, 1.807) is 30.5 Å². The third-order valence-corrected chi connectivity index (χ3v) is 2.66. The predicted molar refractivity (Wildman–Crippen MR) is 71.2 cm³/mol. The minimum atomic E-state index is -0.574. The van der Waals surface area contributed by atoms with Gasteiger partial charge in [-0.25, -0.2) is 14.2 Å². The first-order valence-electron chi connectivity index (χ1n) is 5.92. The average Bonchev–Trinajstić information content (AvgIpc) is 2.81. The highest BCUT2D eigenvalue weighted by Gasteiger charge is 2.24. The largest absolute Gasteiger partial charge is 0.402 e. The Kier molecular flexibility index (Phi) is 3.09. The first-order valence-corrected chi connectivity index (χ1v) is 5.92. The maximum atomic E-state index is 13.1. The van der Waals surface area contributed by atoms with Crippen LogP contribution in [0.4, 0.5) is 4.39 Å². The van der Waals surface area contributed by atoms with Crippen molar-refractivity contribution in [1.82, 2.24) is 4.98 Å². The van der Waals surface area contributed by atoms with E-state index in [9.17, 15) is 9.18 Å². The van der Waals surface area contributed by atoms with Gasteiger partial charge >= 0.3 is 5.97 Å². The third-order valence-electron chi connectivity index (χ3n) is 2.66. The van der Waals surface area contributed by atoms with Gasteiger partial charge in [0.1, 0.15) is 5.82 Å². The van der Waals surface area contributed by atoms with Gasteiger partial charge in [-0.1, -0.05) is 12.1 Å². The zero-order valence-corrected chi connectivity index (χ0v) is 10.3. The number of rotatable bonds is 2. The van der Waals surface area contributed by atoms with Gasteiger partial charge in [0.05, 0.1) is 5.69 Å². The predicted octanol–water partition coefficient (Wildman–Crippen LogP) is 2.57. The van der Waals surface area contributed by atoms with Gasteiger partial charge in [0.15, 0.2) is 5.70 Å². The Morgan fingerprint density at radius 1 is 1.15 bits per heavy atom. The molecule has 0 spiro atoms. The summed E-state index contributed by atoms with van der Waals surface area (Å²) in [5, 5.41) is 0. The number of benzene rings is 1. The number of hydrogen-bond acceptors (Lipinski definition) is 4. The van der Waals surface area contributed by atoms with E-state index in [-0.39, 0.29) is 11.6 Å². The van der Waals surface area contributed by atoms with Crippen LogP contribution >= 0.6 is 0 Å². The zero-order valence-electron chi connectivity index (χ0n) is 10.3. The Bertz CT molecular complexity index is 724. The summed E-state index contributed by atoms with van der Waals surface area (Å²) in [7, 11) is 0. The molecule has 0 unspecified atom stereocenters. The number of esters is 1. The number of aromatic nitrogens is 1. The standard InChI is InChI=1S/C15H9FN2O2/c16-11-5-3-4-10(8-11)14-18-13(15(19)20-14)9-12-6-1-2-7-17-12/h1-9H/b13-9+. The Hall–Kier alpha value is -2.82. The number of pyridine rings is 1. The summed E-state index contributed by atoms with van der Waals surface area (Å²) < 4.78 is 18.2. The van der Waals surface area contributed by atoms with E-state index in [0.717, 1.165) is 0 Å². The van der Waals surface area contributed by atoms with Crippen molar-refractivity contribution >= 4 is 17.9 Å². The highest BCUT2D eigenvalue weighted by molar-refractivity contribution is 6.12. The summed E-state index contributed by atoms with van der Waals surface area (Å²) in [5.74, 6) is -0.894. The van der Waals surface area contributed by atoms with Gasteiger partial charge < -0.3 is 4.74 Å². The SMILES string of the molecule is O=C1OC(c2cccc(F)c2)=N/C1=C/c1ccccn1. The number of aliphatic imine (C=N–C) groups is 1. The molecule has 3 rings (SSSR count). The molecule has 2 aromatic rings. The van der Waals surface area contributed by atoms with Crippen molar-refractivity contribution in [3.8, 4) is 0 Å². The summed E-state index contributed by atoms with van der Waals surface area (Å²) in [4.78, 5) is 19.9. The van der Waals surface area contributed by atoms with Crippen LogP contribution in [0.1, 0.15) is 11.3 Å². The highest BCUT2D eigenvalue weighted by Crippen LogP contribution is 2.18. The number of carbonyl (C=O) groups is 1. The van der Waals surface area contributed by atoms with Crippen LogP contribution in [0.2, 0.25) is 0 Å². The second kappa shape index (κ2) is 5.05. The molecule has 0 bridgehead atoms. The molecule has 2 heterocycles. The summed E-state index contributed by atoms with van der Waals surface area (Å²) >= 11 is 0. The van der Waals surface area contributed by atoms with E-state index in [4.69, 9.17) is 4.74 Å². The molecule has 1 aliphatic rings. The Morgan fingerprint density at radius 3 is 2.80 bits per heavy atom. The van der Waals surface area contributed by atoms with Gasteiger partial charge in [0.2, 0.25) is 5.90 Å². The van der Waals surface area contributed by atoms with Gasteiger partial charge in [-0.15, -0.1) is 0 Å². The van der Waals surface area contributed by atoms with Crippen LogP contribution < -0.4 is 0 Å². The number of hydrogen-bond donors (Lipinski definition) is 0. The van der Waals surface area contributed by atoms with E-state index in [1.165, 1.54) is 24.3 Å². The van der Waals surface area contributed by atoms with Crippen LogP contribution in [0, 0.1) is 5.82 Å². The summed E-state index contributed by atoms with van der Waals surface area (Å²) in [6.07, 6.45) is 3.14. The smallest absolute Gasteiger partial charge is 0.363 e. The van der Waals surface area contributed by atoms with Gasteiger partial charge in [-0.05, 0) is 36.4 Å². The fraction of sp³-hybridized carbons (Fsp3) is 0. The minimum absolute atomic E-state index is 0.0941. The molecule has 0 fully saturated rings. The van der Waals surface area contributed by atoms with Crippen LogP contribution in [0.5, 0.6) is 0 Å². The Balaban J connectivity index is 1.95. The molecule has 20 heavy (non-hydrogen) atoms. The average molecular weight is 268 g/mol. The fourth-order valence-electron chi connectivity index (χ4n) is 1.76. The van der Waals surface area contributed by atoms with Gasteiger partial charge in [0, 0.05) is 11.8 Å². The van der Waals surface area contributed by atoms with Gasteiger partial charge in [-0.2, -0.15) is 0 Å². The molecule has 0 N–H and O–H groups in total. The molecule has 0 atom stereocenters. The van der Waals surface area contributed by atoms with Crippen LogP contribution in [-0.2, 0) is 9.53 Å². The molecule has 98 valence electrons. The lowest BCUT2D eigenvalue weighted by Gasteiger charge is -1.98. The Labute approximate surface area is 114 Å². The minimum Gasteiger partial charge on any atom is -0.402 e. The maximum Gasteiger partial charge on any atom is 0.363 e. The van der Waals surface area contributed by atoms with E-state index in [2.05, 4.69) is 9.98 Å². The lowest BCUT2D eigenvalue weighted by atomic mass is 10.2. The van der Waals surface area contributed by atoms with Crippen molar-refractivity contribution < 1.29 is 13.9 Å². The van der Waals surface area contributed by atoms with Crippen molar-refractivity contribution in [2.24, 2.45) is 4.99 Å². The van der Waals surface area contributed by atoms with Crippen molar-refractivity contribution in [3.63, 3.8) is 0 Å². The zero-order chi connectivity index (χ0) is 13.9. The molecule has 4 nitrogen and oxygen atoms in total. The quantitative estimate of drug-likeness (QED) is 0.621. The first kappa shape index (κ1) is 12.2. The molecule has 0 amide bonds. The summed E-state index contributed by atoms with van der Waals surface area (Å²) in [6.45, 7) is 0. The third kappa shape index (κ3) is 2.47. The summed E-state index contributed by atoms with van der Waals surface area (Å²) in [5.41, 5.74) is 1.16. The fourth-order valence-corrected chi connectivity index (χ4v) is 1.76. The molecular weight excluding hydrogens is 259 g/mol. The molecule has 0 saturated carbocycles. The molecule has 0 radical (unpaired) electrons. The molecule has 1 aromatic heterocycles. The summed E-state index contributed by atoms with van der Waals surface area (Å²) in [6, 6.07) is 11.0. The van der Waals surface area contributed by atoms with E-state index < -0.39 is 11.8 Å². The second-order valence-electron chi connectivity index (χ2n) is 4.10. The first-order chi connectivity index (χ1) is 9.72. The van der Waals surface area contributed by atoms with E-state index in [1.807, 2.05) is 0 Å². The number of nitrogens with zero attached hydrogens (tertiary/aromatic N) is 2. The van der Waals surface area contributed by atoms with Crippen LogP contribution in [0.25, 0.3) is 6.08 Å². The number of carbonyl (C=O) groups excluding carboxylic acids is 1. The van der Waals surface area contributed by atoms with Gasteiger partial charge in [-0.3, -0.25) is 4.98 Å². The van der Waals surface area contributed by atoms with Crippen molar-refractivity contribution in [3.05, 3.63) is 71.4 Å². The second-order valence-corrected chi connectivity index (χ2v) is 4.10. The van der Waals surface area contributed by atoms with Gasteiger partial charge in [0.25, 0.3) is 0 Å². The van der Waals surface area contributed by atoms with Crippen molar-refractivity contribution in [1.29, 1.82) is 0 Å². The molecule has 5 heteroatoms. The van der Waals surface area contributed by atoms with Crippen molar-refractivity contribution in [2.45, 2.75) is 0 Å². The van der Waals surface area contributed by atoms with Crippen molar-refractivity contribution in [2.75, 3.05) is 0 Å². The maximum absolute atomic E-state index is 13.1. The molecule has 0 aliphatic carbocycles.